The fourth-order valence-electron chi connectivity index (χ4n) is 2.72. The summed E-state index contributed by atoms with van der Waals surface area (Å²) in [7, 11) is 1.84. The smallest absolute Gasteiger partial charge is 0.254 e. The Bertz CT molecular complexity index is 869. The van der Waals surface area contributed by atoms with Crippen molar-refractivity contribution in [1.29, 1.82) is 0 Å². The van der Waals surface area contributed by atoms with Gasteiger partial charge in [0.05, 0.1) is 11.7 Å². The van der Waals surface area contributed by atoms with Crippen molar-refractivity contribution >= 4 is 5.91 Å². The molecule has 1 atom stereocenters. The molecule has 2 aromatic carbocycles. The van der Waals surface area contributed by atoms with Crippen LogP contribution in [0.15, 0.2) is 55.1 Å². The number of carbonyl (C=O) groups is 1. The van der Waals surface area contributed by atoms with Gasteiger partial charge in [0.25, 0.3) is 5.91 Å². The number of amides is 1. The van der Waals surface area contributed by atoms with Gasteiger partial charge in [-0.1, -0.05) is 18.2 Å². The van der Waals surface area contributed by atoms with Crippen LogP contribution in [0.25, 0.3) is 5.69 Å². The predicted octanol–water partition coefficient (Wildman–Crippen LogP) is 3.72. The van der Waals surface area contributed by atoms with Crippen molar-refractivity contribution in [2.45, 2.75) is 26.8 Å². The van der Waals surface area contributed by atoms with Crippen LogP contribution < -0.4 is 0 Å². The number of rotatable bonds is 4. The van der Waals surface area contributed by atoms with Crippen molar-refractivity contribution in [2.75, 3.05) is 7.05 Å². The van der Waals surface area contributed by atoms with E-state index >= 15 is 0 Å². The second kappa shape index (κ2) is 6.89. The molecule has 0 saturated heterocycles. The summed E-state index contributed by atoms with van der Waals surface area (Å²) in [6.45, 7) is 6.11. The molecule has 128 valence electrons. The molecule has 0 fully saturated rings. The molecule has 3 rings (SSSR count). The number of hydrogen-bond donors (Lipinski definition) is 0. The zero-order chi connectivity index (χ0) is 18.0. The van der Waals surface area contributed by atoms with E-state index in [1.807, 2.05) is 70.3 Å². The molecule has 0 N–H and O–H groups in total. The van der Waals surface area contributed by atoms with Gasteiger partial charge in [-0.25, -0.2) is 9.67 Å². The molecule has 0 spiro atoms. The highest BCUT2D eigenvalue weighted by atomic mass is 16.2. The summed E-state index contributed by atoms with van der Waals surface area (Å²) >= 11 is 0. The molecular weight excluding hydrogens is 312 g/mol. The van der Waals surface area contributed by atoms with Crippen LogP contribution in [-0.4, -0.2) is 32.6 Å². The third kappa shape index (κ3) is 3.45. The van der Waals surface area contributed by atoms with Crippen molar-refractivity contribution in [3.63, 3.8) is 0 Å². The van der Waals surface area contributed by atoms with Crippen molar-refractivity contribution in [3.8, 4) is 5.69 Å². The van der Waals surface area contributed by atoms with E-state index in [1.165, 1.54) is 11.9 Å². The van der Waals surface area contributed by atoms with Gasteiger partial charge in [-0.2, -0.15) is 5.10 Å². The zero-order valence-corrected chi connectivity index (χ0v) is 15.0. The van der Waals surface area contributed by atoms with Gasteiger partial charge in [0.2, 0.25) is 0 Å². The number of nitrogens with zero attached hydrogens (tertiary/aromatic N) is 4. The van der Waals surface area contributed by atoms with Crippen LogP contribution in [0.2, 0.25) is 0 Å². The molecule has 0 aliphatic rings. The second-order valence-electron chi connectivity index (χ2n) is 6.32. The lowest BCUT2D eigenvalue weighted by molar-refractivity contribution is 0.0742. The van der Waals surface area contributed by atoms with E-state index in [0.29, 0.717) is 0 Å². The molecule has 0 saturated carbocycles. The average Bonchev–Trinajstić information content (AvgIpc) is 3.17. The van der Waals surface area contributed by atoms with Crippen molar-refractivity contribution in [2.24, 2.45) is 0 Å². The normalized spacial score (nSPS) is 12.0. The minimum atomic E-state index is -0.0288. The standard InChI is InChI=1S/C20H22N4O/c1-14-5-6-18(11-15(14)2)20(25)23(4)16(3)17-7-9-19(10-8-17)24-13-21-12-22-24/h5-13,16H,1-4H3. The Morgan fingerprint density at radius 2 is 1.80 bits per heavy atom. The summed E-state index contributed by atoms with van der Waals surface area (Å²) in [6.07, 6.45) is 3.17. The van der Waals surface area contributed by atoms with Crippen LogP contribution >= 0.6 is 0 Å². The molecule has 5 nitrogen and oxygen atoms in total. The van der Waals surface area contributed by atoms with E-state index in [9.17, 15) is 4.79 Å². The fraction of sp³-hybridized carbons (Fsp3) is 0.250. The topological polar surface area (TPSA) is 51.0 Å². The summed E-state index contributed by atoms with van der Waals surface area (Å²) < 4.78 is 1.71. The minimum absolute atomic E-state index is 0.0240. The van der Waals surface area contributed by atoms with Gasteiger partial charge >= 0.3 is 0 Å². The van der Waals surface area contributed by atoms with Gasteiger partial charge in [-0.3, -0.25) is 4.79 Å². The van der Waals surface area contributed by atoms with E-state index in [-0.39, 0.29) is 11.9 Å². The molecule has 0 aliphatic heterocycles. The van der Waals surface area contributed by atoms with Gasteiger partial charge in [0.1, 0.15) is 12.7 Å². The average molecular weight is 334 g/mol. The summed E-state index contributed by atoms with van der Waals surface area (Å²) in [5, 5.41) is 4.12. The number of benzene rings is 2. The maximum Gasteiger partial charge on any atom is 0.254 e. The van der Waals surface area contributed by atoms with Crippen LogP contribution in [0.3, 0.4) is 0 Å². The van der Waals surface area contributed by atoms with E-state index in [2.05, 4.69) is 10.1 Å². The maximum absolute atomic E-state index is 12.8. The minimum Gasteiger partial charge on any atom is -0.335 e. The van der Waals surface area contributed by atoms with Crippen LogP contribution in [-0.2, 0) is 0 Å². The predicted molar refractivity (Wildman–Crippen MR) is 97.8 cm³/mol. The highest BCUT2D eigenvalue weighted by molar-refractivity contribution is 5.94. The third-order valence-corrected chi connectivity index (χ3v) is 4.71. The van der Waals surface area contributed by atoms with Crippen molar-refractivity contribution < 1.29 is 4.79 Å². The molecule has 1 heterocycles. The quantitative estimate of drug-likeness (QED) is 0.731. The molecule has 0 aliphatic carbocycles. The largest absolute Gasteiger partial charge is 0.335 e. The fourth-order valence-corrected chi connectivity index (χ4v) is 2.72. The van der Waals surface area contributed by atoms with E-state index in [0.717, 1.165) is 22.4 Å². The van der Waals surface area contributed by atoms with Gasteiger partial charge in [0, 0.05) is 12.6 Å². The molecule has 1 aromatic heterocycles. The molecule has 3 aromatic rings. The van der Waals surface area contributed by atoms with Gasteiger partial charge in [0.15, 0.2) is 0 Å². The summed E-state index contributed by atoms with van der Waals surface area (Å²) in [5.74, 6) is 0.0240. The van der Waals surface area contributed by atoms with Crippen molar-refractivity contribution in [3.05, 3.63) is 77.4 Å². The Morgan fingerprint density at radius 1 is 1.08 bits per heavy atom. The first-order chi connectivity index (χ1) is 12.0. The van der Waals surface area contributed by atoms with Crippen LogP contribution in [0.5, 0.6) is 0 Å². The number of aryl methyl sites for hydroxylation is 2. The van der Waals surface area contributed by atoms with E-state index in [4.69, 9.17) is 0 Å². The molecule has 0 radical (unpaired) electrons. The molecule has 5 heteroatoms. The Balaban J connectivity index is 1.78. The third-order valence-electron chi connectivity index (χ3n) is 4.71. The summed E-state index contributed by atoms with van der Waals surface area (Å²) in [6, 6.07) is 13.8. The maximum atomic E-state index is 12.8. The molecule has 0 bridgehead atoms. The van der Waals surface area contributed by atoms with Crippen LogP contribution in [0.1, 0.15) is 40.0 Å². The second-order valence-corrected chi connectivity index (χ2v) is 6.32. The van der Waals surface area contributed by atoms with E-state index in [1.54, 1.807) is 15.9 Å². The first kappa shape index (κ1) is 16.9. The first-order valence-electron chi connectivity index (χ1n) is 8.26. The molecular formula is C20H22N4O. The number of hydrogen-bond acceptors (Lipinski definition) is 3. The van der Waals surface area contributed by atoms with E-state index < -0.39 is 0 Å². The summed E-state index contributed by atoms with van der Waals surface area (Å²) in [4.78, 5) is 18.5. The number of aromatic nitrogens is 3. The summed E-state index contributed by atoms with van der Waals surface area (Å²) in [5.41, 5.74) is 5.05. The van der Waals surface area contributed by atoms with Crippen LogP contribution in [0, 0.1) is 13.8 Å². The Kier molecular flexibility index (Phi) is 4.65. The Labute approximate surface area is 147 Å². The SMILES string of the molecule is Cc1ccc(C(=O)N(C)C(C)c2ccc(-n3cncn3)cc2)cc1C. The monoisotopic (exact) mass is 334 g/mol. The Morgan fingerprint density at radius 3 is 2.40 bits per heavy atom. The van der Waals surface area contributed by atoms with Gasteiger partial charge < -0.3 is 4.90 Å². The van der Waals surface area contributed by atoms with Gasteiger partial charge in [-0.15, -0.1) is 0 Å². The zero-order valence-electron chi connectivity index (χ0n) is 15.0. The molecule has 1 unspecified atom stereocenters. The lowest BCUT2D eigenvalue weighted by Crippen LogP contribution is -2.29. The molecule has 25 heavy (non-hydrogen) atoms. The highest BCUT2D eigenvalue weighted by Gasteiger charge is 2.19. The number of carbonyl (C=O) groups excluding carboxylic acids is 1. The Hall–Kier alpha value is -2.95. The highest BCUT2D eigenvalue weighted by Crippen LogP contribution is 2.22. The van der Waals surface area contributed by atoms with Gasteiger partial charge in [-0.05, 0) is 61.7 Å². The van der Waals surface area contributed by atoms with Crippen LogP contribution in [0.4, 0.5) is 0 Å². The van der Waals surface area contributed by atoms with Crippen molar-refractivity contribution in [1.82, 2.24) is 19.7 Å². The first-order valence-corrected chi connectivity index (χ1v) is 8.26. The lowest BCUT2D eigenvalue weighted by atomic mass is 10.0. The molecule has 1 amide bonds. The lowest BCUT2D eigenvalue weighted by Gasteiger charge is -2.26.